The Balaban J connectivity index is 2.37. The van der Waals surface area contributed by atoms with Crippen molar-refractivity contribution in [3.8, 4) is 0 Å². The molecule has 0 aromatic heterocycles. The van der Waals surface area contributed by atoms with Crippen LogP contribution in [-0.2, 0) is 9.53 Å². The van der Waals surface area contributed by atoms with Crippen molar-refractivity contribution in [2.24, 2.45) is 11.7 Å². The molecule has 1 saturated heterocycles. The van der Waals surface area contributed by atoms with E-state index in [-0.39, 0.29) is 12.0 Å². The molecule has 0 radical (unpaired) electrons. The molecule has 1 aliphatic rings. The molecule has 3 N–H and O–H groups in total. The molecule has 5 nitrogen and oxygen atoms in total. The minimum Gasteiger partial charge on any atom is -0.374 e. The van der Waals surface area contributed by atoms with Gasteiger partial charge in [-0.2, -0.15) is 0 Å². The van der Waals surface area contributed by atoms with Gasteiger partial charge in [0.1, 0.15) is 0 Å². The molecule has 1 rings (SSSR count). The van der Waals surface area contributed by atoms with Gasteiger partial charge in [0.2, 0.25) is 5.91 Å². The highest BCUT2D eigenvalue weighted by Crippen LogP contribution is 2.03. The lowest BCUT2D eigenvalue weighted by atomic mass is 10.2. The maximum atomic E-state index is 11.0. The summed E-state index contributed by atoms with van der Waals surface area (Å²) in [5, 5.41) is 3.28. The zero-order valence-corrected chi connectivity index (χ0v) is 10.2. The van der Waals surface area contributed by atoms with Crippen molar-refractivity contribution in [3.63, 3.8) is 0 Å². The van der Waals surface area contributed by atoms with Crippen LogP contribution in [0.5, 0.6) is 0 Å². The van der Waals surface area contributed by atoms with Crippen LogP contribution in [0.3, 0.4) is 0 Å². The van der Waals surface area contributed by atoms with Crippen LogP contribution in [0.25, 0.3) is 0 Å². The van der Waals surface area contributed by atoms with Crippen molar-refractivity contribution in [3.05, 3.63) is 0 Å². The lowest BCUT2D eigenvalue weighted by molar-refractivity contribution is -0.119. The highest BCUT2D eigenvalue weighted by Gasteiger charge is 2.19. The normalized spacial score (nSPS) is 21.6. The summed E-state index contributed by atoms with van der Waals surface area (Å²) in [5.41, 5.74) is 5.24. The van der Waals surface area contributed by atoms with Crippen molar-refractivity contribution in [2.45, 2.75) is 20.0 Å². The van der Waals surface area contributed by atoms with Gasteiger partial charge in [-0.3, -0.25) is 9.69 Å². The molecule has 94 valence electrons. The molecule has 1 atom stereocenters. The largest absolute Gasteiger partial charge is 0.374 e. The van der Waals surface area contributed by atoms with E-state index in [0.29, 0.717) is 12.5 Å². The van der Waals surface area contributed by atoms with Crippen LogP contribution in [0.2, 0.25) is 0 Å². The summed E-state index contributed by atoms with van der Waals surface area (Å²) >= 11 is 0. The number of carbonyl (C=O) groups excluding carboxylic acids is 1. The molecule has 0 bridgehead atoms. The molecule has 1 fully saturated rings. The number of ether oxygens (including phenoxy) is 1. The van der Waals surface area contributed by atoms with Crippen LogP contribution in [-0.4, -0.2) is 56.2 Å². The van der Waals surface area contributed by atoms with Crippen molar-refractivity contribution < 1.29 is 9.53 Å². The summed E-state index contributed by atoms with van der Waals surface area (Å²) in [6.07, 6.45) is 0.173. The maximum absolute atomic E-state index is 11.0. The molecule has 5 heteroatoms. The monoisotopic (exact) mass is 229 g/mol. The third kappa shape index (κ3) is 5.44. The maximum Gasteiger partial charge on any atom is 0.231 e. The molecule has 0 aromatic rings. The van der Waals surface area contributed by atoms with Crippen LogP contribution in [0.15, 0.2) is 0 Å². The number of nitrogens with zero attached hydrogens (tertiary/aromatic N) is 1. The second-order valence-electron chi connectivity index (χ2n) is 4.75. The number of hydrogen-bond donors (Lipinski definition) is 2. The molecule has 0 aliphatic carbocycles. The fraction of sp³-hybridized carbons (Fsp3) is 0.909. The molecule has 0 aromatic carbocycles. The summed E-state index contributed by atoms with van der Waals surface area (Å²) in [7, 11) is 0. The van der Waals surface area contributed by atoms with Crippen LogP contribution < -0.4 is 11.1 Å². The fourth-order valence-electron chi connectivity index (χ4n) is 1.97. The van der Waals surface area contributed by atoms with E-state index in [1.54, 1.807) is 0 Å². The Hall–Kier alpha value is -0.650. The number of nitrogens with two attached hydrogens (primary N) is 1. The van der Waals surface area contributed by atoms with E-state index in [9.17, 15) is 4.79 Å². The lowest BCUT2D eigenvalue weighted by Crippen LogP contribution is -2.47. The highest BCUT2D eigenvalue weighted by molar-refractivity contribution is 5.75. The summed E-state index contributed by atoms with van der Waals surface area (Å²) in [6.45, 7) is 8.75. The summed E-state index contributed by atoms with van der Waals surface area (Å²) < 4.78 is 5.62. The number of carbonyl (C=O) groups is 1. The van der Waals surface area contributed by atoms with Gasteiger partial charge in [-0.05, 0) is 5.92 Å². The predicted octanol–water partition coefficient (Wildman–Crippen LogP) is -0.582. The Morgan fingerprint density at radius 1 is 1.62 bits per heavy atom. The first kappa shape index (κ1) is 13.4. The van der Waals surface area contributed by atoms with Crippen LogP contribution in [0.4, 0.5) is 0 Å². The molecular weight excluding hydrogens is 206 g/mol. The van der Waals surface area contributed by atoms with E-state index in [1.807, 2.05) is 0 Å². The second kappa shape index (κ2) is 6.83. The Kier molecular flexibility index (Phi) is 5.73. The molecule has 0 spiro atoms. The van der Waals surface area contributed by atoms with Gasteiger partial charge in [-0.15, -0.1) is 0 Å². The van der Waals surface area contributed by atoms with Gasteiger partial charge in [-0.25, -0.2) is 0 Å². The van der Waals surface area contributed by atoms with Gasteiger partial charge in [0.05, 0.1) is 19.3 Å². The Bertz CT molecular complexity index is 215. The second-order valence-corrected chi connectivity index (χ2v) is 4.75. The molecule has 16 heavy (non-hydrogen) atoms. The van der Waals surface area contributed by atoms with Gasteiger partial charge >= 0.3 is 0 Å². The zero-order valence-electron chi connectivity index (χ0n) is 10.2. The number of rotatable bonds is 6. The third-order valence-electron chi connectivity index (χ3n) is 2.47. The van der Waals surface area contributed by atoms with Crippen molar-refractivity contribution in [2.75, 3.05) is 39.3 Å². The summed E-state index contributed by atoms with van der Waals surface area (Å²) in [4.78, 5) is 13.0. The van der Waals surface area contributed by atoms with Crippen molar-refractivity contribution in [1.29, 1.82) is 0 Å². The third-order valence-corrected chi connectivity index (χ3v) is 2.47. The smallest absolute Gasteiger partial charge is 0.231 e. The van der Waals surface area contributed by atoms with Crippen LogP contribution >= 0.6 is 0 Å². The number of nitrogens with one attached hydrogen (secondary N) is 1. The predicted molar refractivity (Wildman–Crippen MR) is 63.1 cm³/mol. The van der Waals surface area contributed by atoms with Gasteiger partial charge in [0.15, 0.2) is 0 Å². The van der Waals surface area contributed by atoms with E-state index in [2.05, 4.69) is 24.1 Å². The average molecular weight is 229 g/mol. The van der Waals surface area contributed by atoms with E-state index in [4.69, 9.17) is 10.5 Å². The number of amides is 1. The molecular formula is C11H23N3O2. The molecule has 1 unspecified atom stereocenters. The quantitative estimate of drug-likeness (QED) is 0.639. The zero-order chi connectivity index (χ0) is 12.0. The number of primary amides is 1. The minimum absolute atomic E-state index is 0.173. The van der Waals surface area contributed by atoms with Gasteiger partial charge < -0.3 is 15.8 Å². The Morgan fingerprint density at radius 3 is 2.88 bits per heavy atom. The van der Waals surface area contributed by atoms with Gasteiger partial charge in [0.25, 0.3) is 0 Å². The number of morpholine rings is 1. The van der Waals surface area contributed by atoms with Crippen molar-refractivity contribution >= 4 is 5.91 Å². The first-order valence-corrected chi connectivity index (χ1v) is 5.91. The highest BCUT2D eigenvalue weighted by atomic mass is 16.5. The standard InChI is InChI=1S/C11H23N3O2/c1-9(2)6-14(8-11(12)15)7-10-5-13-3-4-16-10/h9-10,13H,3-8H2,1-2H3,(H2,12,15). The number of hydrogen-bond acceptors (Lipinski definition) is 4. The molecule has 1 aliphatic heterocycles. The molecule has 0 saturated carbocycles. The Morgan fingerprint density at radius 2 is 2.38 bits per heavy atom. The summed E-state index contributed by atoms with van der Waals surface area (Å²) in [6, 6.07) is 0. The lowest BCUT2D eigenvalue weighted by Gasteiger charge is -2.30. The van der Waals surface area contributed by atoms with E-state index >= 15 is 0 Å². The van der Waals surface area contributed by atoms with Crippen LogP contribution in [0, 0.1) is 5.92 Å². The summed E-state index contributed by atoms with van der Waals surface area (Å²) in [5.74, 6) is 0.250. The minimum atomic E-state index is -0.274. The fourth-order valence-corrected chi connectivity index (χ4v) is 1.97. The first-order valence-electron chi connectivity index (χ1n) is 5.91. The molecule has 1 heterocycles. The van der Waals surface area contributed by atoms with Gasteiger partial charge in [-0.1, -0.05) is 13.8 Å². The van der Waals surface area contributed by atoms with E-state index < -0.39 is 0 Å². The van der Waals surface area contributed by atoms with Crippen LogP contribution in [0.1, 0.15) is 13.8 Å². The first-order chi connectivity index (χ1) is 7.58. The average Bonchev–Trinajstić information content (AvgIpc) is 2.16. The van der Waals surface area contributed by atoms with E-state index in [1.165, 1.54) is 0 Å². The van der Waals surface area contributed by atoms with Crippen molar-refractivity contribution in [1.82, 2.24) is 10.2 Å². The topological polar surface area (TPSA) is 67.6 Å². The molecule has 1 amide bonds. The SMILES string of the molecule is CC(C)CN(CC(N)=O)CC1CNCCO1. The van der Waals surface area contributed by atoms with E-state index in [0.717, 1.165) is 32.8 Å². The van der Waals surface area contributed by atoms with Gasteiger partial charge in [0, 0.05) is 26.2 Å². The Labute approximate surface area is 97.3 Å².